The molecule has 0 N–H and O–H groups in total. The number of nitrogens with zero attached hydrogens (tertiary/aromatic N) is 1. The van der Waals surface area contributed by atoms with Crippen LogP contribution in [0.15, 0.2) is 12.7 Å². The van der Waals surface area contributed by atoms with Crippen LogP contribution in [0.4, 0.5) is 0 Å². The molecule has 0 aliphatic carbocycles. The lowest BCUT2D eigenvalue weighted by Gasteiger charge is -2.30. The van der Waals surface area contributed by atoms with Crippen LogP contribution in [0.5, 0.6) is 0 Å². The minimum atomic E-state index is -0.301. The highest BCUT2D eigenvalue weighted by Gasteiger charge is 2.13. The summed E-state index contributed by atoms with van der Waals surface area (Å²) in [7, 11) is 4.83. The van der Waals surface area contributed by atoms with E-state index in [1.807, 2.05) is 0 Å². The Morgan fingerprint density at radius 2 is 1.00 bits per heavy atom. The van der Waals surface area contributed by atoms with Gasteiger partial charge in [-0.1, -0.05) is 103 Å². The second-order valence-electron chi connectivity index (χ2n) is 10.1. The quantitative estimate of drug-likeness (QED) is 0.0757. The first kappa shape index (κ1) is 33.8. The van der Waals surface area contributed by atoms with Crippen molar-refractivity contribution in [3.8, 4) is 0 Å². The van der Waals surface area contributed by atoms with E-state index in [1.54, 1.807) is 0 Å². The van der Waals surface area contributed by atoms with Gasteiger partial charge >= 0.3 is 5.97 Å². The first-order valence-corrected chi connectivity index (χ1v) is 13.6. The van der Waals surface area contributed by atoms with Crippen LogP contribution in [0.2, 0.25) is 0 Å². The summed E-state index contributed by atoms with van der Waals surface area (Å²) < 4.78 is 6.20. The highest BCUT2D eigenvalue weighted by atomic mass is 79.9. The highest BCUT2D eigenvalue weighted by Crippen LogP contribution is 2.14. The number of carbonyl (C=O) groups is 1. The van der Waals surface area contributed by atoms with Crippen molar-refractivity contribution in [2.24, 2.45) is 0 Å². The largest absolute Gasteiger partial charge is 1.00 e. The van der Waals surface area contributed by atoms with Gasteiger partial charge in [-0.3, -0.25) is 0 Å². The Bertz CT molecular complexity index is 412. The Hall–Kier alpha value is -0.350. The fraction of sp³-hybridized carbons (Fsp3) is 0.893. The van der Waals surface area contributed by atoms with Crippen LogP contribution in [0, 0.1) is 0 Å². The summed E-state index contributed by atoms with van der Waals surface area (Å²) in [5.74, 6) is -0.301. The summed E-state index contributed by atoms with van der Waals surface area (Å²) >= 11 is 0. The van der Waals surface area contributed by atoms with Gasteiger partial charge in [0.25, 0.3) is 0 Å². The summed E-state index contributed by atoms with van der Waals surface area (Å²) in [5, 5.41) is 0. The van der Waals surface area contributed by atoms with E-state index in [4.69, 9.17) is 4.74 Å². The van der Waals surface area contributed by atoms with Crippen LogP contribution in [-0.4, -0.2) is 44.2 Å². The SMILES string of the molecule is C=CC(=O)OCCCCCCCCCCC[N+](C)(C)CCCCCCCCCCCC.[Br-]. The van der Waals surface area contributed by atoms with Gasteiger partial charge in [0, 0.05) is 6.08 Å². The average molecular weight is 519 g/mol. The van der Waals surface area contributed by atoms with E-state index in [9.17, 15) is 4.79 Å². The maximum absolute atomic E-state index is 10.9. The first-order valence-electron chi connectivity index (χ1n) is 13.6. The van der Waals surface area contributed by atoms with E-state index in [0.29, 0.717) is 6.61 Å². The van der Waals surface area contributed by atoms with E-state index in [1.165, 1.54) is 133 Å². The number of hydrogen-bond donors (Lipinski definition) is 0. The zero-order valence-corrected chi connectivity index (χ0v) is 23.6. The van der Waals surface area contributed by atoms with E-state index >= 15 is 0 Å². The zero-order valence-electron chi connectivity index (χ0n) is 22.0. The number of hydrogen-bond acceptors (Lipinski definition) is 2. The third-order valence-electron chi connectivity index (χ3n) is 6.44. The van der Waals surface area contributed by atoms with Gasteiger partial charge in [0.1, 0.15) is 0 Å². The second-order valence-corrected chi connectivity index (χ2v) is 10.1. The number of ether oxygens (including phenoxy) is 1. The maximum Gasteiger partial charge on any atom is 0.330 e. The van der Waals surface area contributed by atoms with E-state index in [0.717, 1.165) is 12.8 Å². The minimum absolute atomic E-state index is 0. The number of carbonyl (C=O) groups excluding carboxylic acids is 1. The van der Waals surface area contributed by atoms with E-state index < -0.39 is 0 Å². The van der Waals surface area contributed by atoms with Crippen LogP contribution in [-0.2, 0) is 9.53 Å². The molecular weight excluding hydrogens is 462 g/mol. The summed E-state index contributed by atoms with van der Waals surface area (Å²) in [6, 6.07) is 0. The summed E-state index contributed by atoms with van der Waals surface area (Å²) in [4.78, 5) is 10.9. The molecule has 0 bridgehead atoms. The maximum atomic E-state index is 10.9. The van der Waals surface area contributed by atoms with E-state index in [2.05, 4.69) is 27.6 Å². The Balaban J connectivity index is 0. The van der Waals surface area contributed by atoms with E-state index in [-0.39, 0.29) is 23.0 Å². The van der Waals surface area contributed by atoms with Gasteiger partial charge in [0.05, 0.1) is 33.8 Å². The van der Waals surface area contributed by atoms with Gasteiger partial charge in [-0.05, 0) is 32.1 Å². The predicted octanol–water partition coefficient (Wildman–Crippen LogP) is 5.23. The molecule has 0 aromatic heterocycles. The summed E-state index contributed by atoms with van der Waals surface area (Å²) in [5.41, 5.74) is 0. The van der Waals surface area contributed by atoms with Crippen LogP contribution in [0.25, 0.3) is 0 Å². The van der Waals surface area contributed by atoms with Crippen molar-refractivity contribution in [3.05, 3.63) is 12.7 Å². The molecule has 0 heterocycles. The molecule has 0 aromatic rings. The van der Waals surface area contributed by atoms with Gasteiger partial charge in [-0.25, -0.2) is 4.79 Å². The van der Waals surface area contributed by atoms with Crippen molar-refractivity contribution in [1.82, 2.24) is 0 Å². The van der Waals surface area contributed by atoms with Crippen LogP contribution in [0.3, 0.4) is 0 Å². The van der Waals surface area contributed by atoms with Crippen LogP contribution >= 0.6 is 0 Å². The van der Waals surface area contributed by atoms with Gasteiger partial charge in [-0.15, -0.1) is 0 Å². The normalized spacial score (nSPS) is 11.2. The number of esters is 1. The monoisotopic (exact) mass is 517 g/mol. The molecule has 0 saturated carbocycles. The highest BCUT2D eigenvalue weighted by molar-refractivity contribution is 5.81. The molecule has 0 rings (SSSR count). The van der Waals surface area contributed by atoms with Crippen LogP contribution < -0.4 is 17.0 Å². The number of quaternary nitrogens is 1. The standard InChI is InChI=1S/C28H56NO2.BrH/c1-5-7-8-9-10-11-13-16-19-22-25-29(3,4)26-23-20-17-14-12-15-18-21-24-27-31-28(30)6-2;/h6H,2,5,7-27H2,1,3-4H3;1H/q+1;/p-1. The molecular formula is C28H56BrNO2. The summed E-state index contributed by atoms with van der Waals surface area (Å²) in [6.45, 7) is 8.91. The fourth-order valence-electron chi connectivity index (χ4n) is 4.25. The molecule has 0 atom stereocenters. The second kappa shape index (κ2) is 25.3. The lowest BCUT2D eigenvalue weighted by atomic mass is 10.1. The lowest BCUT2D eigenvalue weighted by Crippen LogP contribution is -3.00. The Morgan fingerprint density at radius 1 is 0.656 bits per heavy atom. The lowest BCUT2D eigenvalue weighted by molar-refractivity contribution is -0.890. The van der Waals surface area contributed by atoms with Gasteiger partial charge in [-0.2, -0.15) is 0 Å². The van der Waals surface area contributed by atoms with Crippen molar-refractivity contribution in [2.75, 3.05) is 33.8 Å². The van der Waals surface area contributed by atoms with Crippen molar-refractivity contribution in [1.29, 1.82) is 0 Å². The Morgan fingerprint density at radius 3 is 1.38 bits per heavy atom. The topological polar surface area (TPSA) is 26.3 Å². The Labute approximate surface area is 212 Å². The molecule has 4 heteroatoms. The van der Waals surface area contributed by atoms with Crippen molar-refractivity contribution < 1.29 is 31.0 Å². The third kappa shape index (κ3) is 25.9. The Kier molecular flexibility index (Phi) is 26.7. The first-order chi connectivity index (χ1) is 15.0. The number of halogens is 1. The van der Waals surface area contributed by atoms with Crippen LogP contribution in [0.1, 0.15) is 129 Å². The van der Waals surface area contributed by atoms with Crippen molar-refractivity contribution in [2.45, 2.75) is 129 Å². The molecule has 0 aliphatic heterocycles. The molecule has 0 spiro atoms. The molecule has 192 valence electrons. The molecule has 0 fully saturated rings. The van der Waals surface area contributed by atoms with Gasteiger partial charge in [0.15, 0.2) is 0 Å². The molecule has 0 aromatic carbocycles. The van der Waals surface area contributed by atoms with Gasteiger partial charge < -0.3 is 26.2 Å². The van der Waals surface area contributed by atoms with Crippen molar-refractivity contribution >= 4 is 5.97 Å². The molecule has 0 radical (unpaired) electrons. The smallest absolute Gasteiger partial charge is 0.330 e. The predicted molar refractivity (Wildman–Crippen MR) is 136 cm³/mol. The molecule has 0 amide bonds. The zero-order chi connectivity index (χ0) is 23.0. The number of rotatable bonds is 24. The molecule has 0 unspecified atom stereocenters. The fourth-order valence-corrected chi connectivity index (χ4v) is 4.25. The molecule has 3 nitrogen and oxygen atoms in total. The number of unbranched alkanes of at least 4 members (excludes halogenated alkanes) is 17. The molecule has 0 saturated heterocycles. The summed E-state index contributed by atoms with van der Waals surface area (Å²) in [6.07, 6.45) is 27.1. The van der Waals surface area contributed by atoms with Crippen molar-refractivity contribution in [3.63, 3.8) is 0 Å². The average Bonchev–Trinajstić information content (AvgIpc) is 2.75. The van der Waals surface area contributed by atoms with Gasteiger partial charge in [0.2, 0.25) is 0 Å². The third-order valence-corrected chi connectivity index (χ3v) is 6.44. The minimum Gasteiger partial charge on any atom is -1.00 e. The molecule has 32 heavy (non-hydrogen) atoms. The molecule has 0 aliphatic rings.